The molecular weight excluding hydrogens is 425 g/mol. The topological polar surface area (TPSA) is 73.2 Å². The van der Waals surface area contributed by atoms with Crippen molar-refractivity contribution >= 4 is 11.6 Å². The highest BCUT2D eigenvalue weighted by Gasteiger charge is 2.31. The molecule has 162 valence electrons. The third kappa shape index (κ3) is 5.65. The average molecular weight is 439 g/mol. The first-order chi connectivity index (χ1) is 14.5. The highest BCUT2D eigenvalue weighted by molar-refractivity contribution is 5.93. The first-order valence-electron chi connectivity index (χ1n) is 8.75. The summed E-state index contributed by atoms with van der Waals surface area (Å²) in [4.78, 5) is 24.6. The van der Waals surface area contributed by atoms with Gasteiger partial charge in [0.15, 0.2) is 0 Å². The highest BCUT2D eigenvalue weighted by atomic mass is 19.4. The van der Waals surface area contributed by atoms with Crippen molar-refractivity contribution in [1.29, 1.82) is 0 Å². The molecule has 0 saturated carbocycles. The summed E-state index contributed by atoms with van der Waals surface area (Å²) < 4.78 is 68.6. The molecule has 1 atom stereocenters. The minimum Gasteiger partial charge on any atom is -0.406 e. The molecule has 0 radical (unpaired) electrons. The lowest BCUT2D eigenvalue weighted by molar-refractivity contribution is -0.274. The van der Waals surface area contributed by atoms with Gasteiger partial charge in [0.25, 0.3) is 5.56 Å². The molecule has 0 spiro atoms. The van der Waals surface area contributed by atoms with Crippen LogP contribution >= 0.6 is 0 Å². The Balaban J connectivity index is 1.87. The third-order valence-corrected chi connectivity index (χ3v) is 4.06. The molecule has 0 aliphatic heterocycles. The number of carbonyl (C=O) groups excluding carboxylic acids is 1. The van der Waals surface area contributed by atoms with Crippen LogP contribution < -0.4 is 15.6 Å². The van der Waals surface area contributed by atoms with Gasteiger partial charge in [-0.1, -0.05) is 12.1 Å². The first kappa shape index (κ1) is 21.9. The van der Waals surface area contributed by atoms with Gasteiger partial charge in [-0.05, 0) is 37.3 Å². The Bertz CT molecular complexity index is 1160. The number of hydrogen-bond donors (Lipinski definition) is 1. The first-order valence-corrected chi connectivity index (χ1v) is 8.75. The quantitative estimate of drug-likeness (QED) is 0.603. The number of halogens is 5. The molecule has 0 aliphatic rings. The standard InChI is InChI=1S/C20H14F5N3O3/c1-11(19(30)26-15-9-13(21)8-14(22)10-15)28-18(29)6-5-17(27-28)12-3-2-4-16(7-12)31-20(23,24)25/h2-11H,1H3,(H,26,30). The fourth-order valence-electron chi connectivity index (χ4n) is 2.69. The van der Waals surface area contributed by atoms with Gasteiger partial charge in [0.1, 0.15) is 23.4 Å². The van der Waals surface area contributed by atoms with E-state index in [1.54, 1.807) is 0 Å². The van der Waals surface area contributed by atoms with Gasteiger partial charge in [-0.3, -0.25) is 9.59 Å². The number of anilines is 1. The molecular formula is C20H14F5N3O3. The SMILES string of the molecule is CC(C(=O)Nc1cc(F)cc(F)c1)n1nc(-c2cccc(OC(F)(F)F)c2)ccc1=O. The van der Waals surface area contributed by atoms with Gasteiger partial charge in [-0.25, -0.2) is 13.5 Å². The molecule has 0 aliphatic carbocycles. The molecule has 0 bridgehead atoms. The smallest absolute Gasteiger partial charge is 0.406 e. The van der Waals surface area contributed by atoms with E-state index in [1.807, 2.05) is 0 Å². The van der Waals surface area contributed by atoms with Crippen molar-refractivity contribution in [3.63, 3.8) is 0 Å². The number of nitrogens with one attached hydrogen (secondary N) is 1. The molecule has 1 N–H and O–H groups in total. The average Bonchev–Trinajstić information content (AvgIpc) is 2.66. The zero-order valence-electron chi connectivity index (χ0n) is 15.8. The summed E-state index contributed by atoms with van der Waals surface area (Å²) in [5.74, 6) is -3.07. The van der Waals surface area contributed by atoms with Crippen LogP contribution in [0, 0.1) is 11.6 Å². The number of hydrogen-bond acceptors (Lipinski definition) is 4. The number of ether oxygens (including phenoxy) is 1. The minimum atomic E-state index is -4.88. The molecule has 31 heavy (non-hydrogen) atoms. The molecule has 1 unspecified atom stereocenters. The highest BCUT2D eigenvalue weighted by Crippen LogP contribution is 2.27. The van der Waals surface area contributed by atoms with Gasteiger partial charge in [0.05, 0.1) is 5.69 Å². The Morgan fingerprint density at radius 3 is 2.39 bits per heavy atom. The van der Waals surface area contributed by atoms with Crippen LogP contribution in [0.25, 0.3) is 11.3 Å². The van der Waals surface area contributed by atoms with Gasteiger partial charge < -0.3 is 10.1 Å². The molecule has 3 aromatic rings. The molecule has 1 heterocycles. The second-order valence-corrected chi connectivity index (χ2v) is 6.40. The van der Waals surface area contributed by atoms with E-state index in [-0.39, 0.29) is 16.9 Å². The lowest BCUT2D eigenvalue weighted by Gasteiger charge is -2.15. The van der Waals surface area contributed by atoms with Crippen molar-refractivity contribution in [3.05, 3.63) is 76.6 Å². The number of rotatable bonds is 5. The van der Waals surface area contributed by atoms with E-state index in [9.17, 15) is 31.5 Å². The number of amides is 1. The van der Waals surface area contributed by atoms with E-state index in [1.165, 1.54) is 25.1 Å². The van der Waals surface area contributed by atoms with Gasteiger partial charge in [0.2, 0.25) is 5.91 Å². The molecule has 2 aromatic carbocycles. The maximum atomic E-state index is 13.3. The molecule has 1 aromatic heterocycles. The molecule has 11 heteroatoms. The lowest BCUT2D eigenvalue weighted by Crippen LogP contribution is -2.33. The van der Waals surface area contributed by atoms with Crippen molar-refractivity contribution in [2.75, 3.05) is 5.32 Å². The lowest BCUT2D eigenvalue weighted by atomic mass is 10.1. The van der Waals surface area contributed by atoms with Crippen LogP contribution in [0.1, 0.15) is 13.0 Å². The fraction of sp³-hybridized carbons (Fsp3) is 0.150. The van der Waals surface area contributed by atoms with Gasteiger partial charge in [0, 0.05) is 23.4 Å². The van der Waals surface area contributed by atoms with Crippen molar-refractivity contribution in [1.82, 2.24) is 9.78 Å². The second kappa shape index (κ2) is 8.54. The molecule has 3 rings (SSSR count). The predicted octanol–water partition coefficient (Wildman–Crippen LogP) is 4.29. The maximum Gasteiger partial charge on any atom is 0.573 e. The van der Waals surface area contributed by atoms with E-state index in [0.29, 0.717) is 6.07 Å². The monoisotopic (exact) mass is 439 g/mol. The molecule has 0 saturated heterocycles. The van der Waals surface area contributed by atoms with Gasteiger partial charge in [-0.2, -0.15) is 5.10 Å². The van der Waals surface area contributed by atoms with Gasteiger partial charge in [-0.15, -0.1) is 13.2 Å². The number of aromatic nitrogens is 2. The van der Waals surface area contributed by atoms with Crippen LogP contribution in [0.3, 0.4) is 0 Å². The van der Waals surface area contributed by atoms with E-state index < -0.39 is 41.3 Å². The van der Waals surface area contributed by atoms with Crippen molar-refractivity contribution < 1.29 is 31.5 Å². The summed E-state index contributed by atoms with van der Waals surface area (Å²) in [7, 11) is 0. The maximum absolute atomic E-state index is 13.3. The number of benzene rings is 2. The Morgan fingerprint density at radius 2 is 1.74 bits per heavy atom. The Labute approximate surface area is 171 Å². The predicted molar refractivity (Wildman–Crippen MR) is 100 cm³/mol. The number of carbonyl (C=O) groups is 1. The Kier molecular flexibility index (Phi) is 6.04. The van der Waals surface area contributed by atoms with Crippen molar-refractivity contribution in [2.45, 2.75) is 19.3 Å². The zero-order valence-corrected chi connectivity index (χ0v) is 15.8. The summed E-state index contributed by atoms with van der Waals surface area (Å²) in [6.45, 7) is 1.33. The summed E-state index contributed by atoms with van der Waals surface area (Å²) in [5, 5.41) is 6.32. The Hall–Kier alpha value is -3.76. The molecule has 1 amide bonds. The van der Waals surface area contributed by atoms with Crippen LogP contribution in [0.2, 0.25) is 0 Å². The van der Waals surface area contributed by atoms with E-state index in [4.69, 9.17) is 0 Å². The van der Waals surface area contributed by atoms with E-state index >= 15 is 0 Å². The van der Waals surface area contributed by atoms with Crippen LogP contribution in [0.5, 0.6) is 5.75 Å². The summed E-state index contributed by atoms with van der Waals surface area (Å²) in [5.41, 5.74) is -0.519. The summed E-state index contributed by atoms with van der Waals surface area (Å²) in [6, 6.07) is 8.51. The number of nitrogens with zero attached hydrogens (tertiary/aromatic N) is 2. The van der Waals surface area contributed by atoms with Crippen molar-refractivity contribution in [3.8, 4) is 17.0 Å². The van der Waals surface area contributed by atoms with E-state index in [2.05, 4.69) is 15.2 Å². The normalized spacial score (nSPS) is 12.3. The largest absolute Gasteiger partial charge is 0.573 e. The van der Waals surface area contributed by atoms with Crippen LogP contribution in [0.4, 0.5) is 27.6 Å². The minimum absolute atomic E-state index is 0.101. The Morgan fingerprint density at radius 1 is 1.06 bits per heavy atom. The van der Waals surface area contributed by atoms with Crippen molar-refractivity contribution in [2.24, 2.45) is 0 Å². The molecule has 6 nitrogen and oxygen atoms in total. The third-order valence-electron chi connectivity index (χ3n) is 4.06. The zero-order chi connectivity index (χ0) is 22.8. The molecule has 0 fully saturated rings. The van der Waals surface area contributed by atoms with Gasteiger partial charge >= 0.3 is 6.36 Å². The van der Waals surface area contributed by atoms with Crippen LogP contribution in [-0.4, -0.2) is 22.1 Å². The fourth-order valence-corrected chi connectivity index (χ4v) is 2.69. The number of alkyl halides is 3. The summed E-state index contributed by atoms with van der Waals surface area (Å²) in [6.07, 6.45) is -4.88. The second-order valence-electron chi connectivity index (χ2n) is 6.40. The van der Waals surface area contributed by atoms with Crippen LogP contribution in [-0.2, 0) is 4.79 Å². The summed E-state index contributed by atoms with van der Waals surface area (Å²) >= 11 is 0. The van der Waals surface area contributed by atoms with E-state index in [0.717, 1.165) is 35.0 Å². The van der Waals surface area contributed by atoms with Crippen LogP contribution in [0.15, 0.2) is 59.4 Å².